The monoisotopic (exact) mass is 351 g/mol. The van der Waals surface area contributed by atoms with Crippen molar-refractivity contribution in [3.05, 3.63) is 59.9 Å². The van der Waals surface area contributed by atoms with E-state index in [4.69, 9.17) is 4.63 Å². The number of nitrogens with one attached hydrogen (secondary N) is 1. The number of benzene rings is 2. The molecule has 0 radical (unpaired) electrons. The van der Waals surface area contributed by atoms with E-state index in [1.165, 1.54) is 19.1 Å². The molecule has 0 saturated carbocycles. The summed E-state index contributed by atoms with van der Waals surface area (Å²) in [7, 11) is 0. The summed E-state index contributed by atoms with van der Waals surface area (Å²) in [4.78, 5) is 16.0. The highest BCUT2D eigenvalue weighted by molar-refractivity contribution is 5.91. The fourth-order valence-corrected chi connectivity index (χ4v) is 2.77. The average Bonchev–Trinajstić information content (AvgIpc) is 3.21. The number of rotatable bonds is 4. The lowest BCUT2D eigenvalue weighted by Gasteiger charge is -2.08. The number of carbonyl (C=O) groups is 1. The first kappa shape index (κ1) is 15.9. The lowest BCUT2D eigenvalue weighted by molar-refractivity contribution is -0.114. The third kappa shape index (κ3) is 2.92. The first-order valence-electron chi connectivity index (χ1n) is 7.92. The summed E-state index contributed by atoms with van der Waals surface area (Å²) in [5, 5.41) is 10.2. The van der Waals surface area contributed by atoms with E-state index in [-0.39, 0.29) is 17.5 Å². The second-order valence-corrected chi connectivity index (χ2v) is 5.78. The first-order chi connectivity index (χ1) is 12.6. The molecule has 4 aromatic rings. The molecule has 130 valence electrons. The van der Waals surface area contributed by atoms with Crippen LogP contribution in [-0.2, 0) is 11.3 Å². The number of amides is 1. The van der Waals surface area contributed by atoms with Gasteiger partial charge in [-0.25, -0.2) is 14.0 Å². The molecule has 0 aliphatic heterocycles. The van der Waals surface area contributed by atoms with Crippen LogP contribution in [0.4, 0.5) is 10.2 Å². The number of carbonyl (C=O) groups excluding carboxylic acids is 1. The topological polar surface area (TPSA) is 85.8 Å². The largest absolute Gasteiger partial charge is 0.318 e. The minimum atomic E-state index is -0.293. The predicted molar refractivity (Wildman–Crippen MR) is 92.8 cm³/mol. The van der Waals surface area contributed by atoms with Crippen molar-refractivity contribution in [2.45, 2.75) is 13.5 Å². The molecule has 8 heteroatoms. The van der Waals surface area contributed by atoms with Gasteiger partial charge in [-0.15, -0.1) is 0 Å². The Morgan fingerprint density at radius 1 is 1.15 bits per heavy atom. The van der Waals surface area contributed by atoms with Crippen LogP contribution in [0.1, 0.15) is 12.5 Å². The van der Waals surface area contributed by atoms with Crippen LogP contribution >= 0.6 is 0 Å². The lowest BCUT2D eigenvalue weighted by atomic mass is 10.2. The minimum Gasteiger partial charge on any atom is -0.318 e. The first-order valence-corrected chi connectivity index (χ1v) is 7.92. The van der Waals surface area contributed by atoms with Gasteiger partial charge in [-0.3, -0.25) is 4.79 Å². The van der Waals surface area contributed by atoms with Gasteiger partial charge in [-0.2, -0.15) is 0 Å². The van der Waals surface area contributed by atoms with Crippen molar-refractivity contribution in [2.24, 2.45) is 0 Å². The van der Waals surface area contributed by atoms with Crippen molar-refractivity contribution in [1.29, 1.82) is 0 Å². The minimum absolute atomic E-state index is 0.202. The Labute approximate surface area is 147 Å². The van der Waals surface area contributed by atoms with Crippen molar-refractivity contribution in [3.8, 4) is 11.5 Å². The summed E-state index contributed by atoms with van der Waals surface area (Å²) in [5.74, 6) is 0.120. The Morgan fingerprint density at radius 3 is 2.69 bits per heavy atom. The van der Waals surface area contributed by atoms with Gasteiger partial charge in [0.15, 0.2) is 11.5 Å². The van der Waals surface area contributed by atoms with Crippen molar-refractivity contribution in [1.82, 2.24) is 19.9 Å². The molecule has 4 rings (SSSR count). The van der Waals surface area contributed by atoms with Gasteiger partial charge in [-0.05, 0) is 40.1 Å². The Bertz CT molecular complexity index is 1080. The van der Waals surface area contributed by atoms with Crippen LogP contribution < -0.4 is 5.32 Å². The summed E-state index contributed by atoms with van der Waals surface area (Å²) in [6.45, 7) is 1.82. The zero-order valence-corrected chi connectivity index (χ0v) is 13.8. The molecule has 2 aromatic heterocycles. The normalized spacial score (nSPS) is 11.0. The molecule has 7 nitrogen and oxygen atoms in total. The molecular formula is C18H14FN5O2. The SMILES string of the molecule is CC(=O)Nc1nonc1-c1nc2ccccc2n1Cc1ccc(F)cc1. The second kappa shape index (κ2) is 6.40. The molecule has 0 unspecified atom stereocenters. The molecule has 0 saturated heterocycles. The maximum absolute atomic E-state index is 13.2. The van der Waals surface area contributed by atoms with Crippen LogP contribution in [0.2, 0.25) is 0 Å². The highest BCUT2D eigenvalue weighted by atomic mass is 19.1. The summed E-state index contributed by atoms with van der Waals surface area (Å²) in [6, 6.07) is 13.9. The van der Waals surface area contributed by atoms with Crippen LogP contribution in [0.15, 0.2) is 53.2 Å². The number of para-hydroxylation sites is 2. The van der Waals surface area contributed by atoms with E-state index in [0.717, 1.165) is 16.6 Å². The molecule has 2 aromatic carbocycles. The van der Waals surface area contributed by atoms with E-state index in [9.17, 15) is 9.18 Å². The Hall–Kier alpha value is -3.55. The smallest absolute Gasteiger partial charge is 0.222 e. The van der Waals surface area contributed by atoms with Crippen LogP contribution in [-0.4, -0.2) is 25.8 Å². The summed E-state index contributed by atoms with van der Waals surface area (Å²) >= 11 is 0. The number of hydrogen-bond donors (Lipinski definition) is 1. The lowest BCUT2D eigenvalue weighted by Crippen LogP contribution is -2.09. The van der Waals surface area contributed by atoms with Crippen LogP contribution in [0.25, 0.3) is 22.6 Å². The number of aromatic nitrogens is 4. The predicted octanol–water partition coefficient (Wildman–Crippen LogP) is 3.23. The van der Waals surface area contributed by atoms with Gasteiger partial charge in [0.05, 0.1) is 11.0 Å². The third-order valence-electron chi connectivity index (χ3n) is 3.90. The Kier molecular flexibility index (Phi) is 3.92. The molecule has 1 amide bonds. The number of imidazole rings is 1. The molecule has 26 heavy (non-hydrogen) atoms. The van der Waals surface area contributed by atoms with E-state index in [2.05, 4.69) is 20.6 Å². The number of hydrogen-bond acceptors (Lipinski definition) is 5. The number of anilines is 1. The molecule has 2 heterocycles. The molecule has 0 fully saturated rings. The zero-order valence-electron chi connectivity index (χ0n) is 13.8. The van der Waals surface area contributed by atoms with Crippen LogP contribution in [0, 0.1) is 5.82 Å². The van der Waals surface area contributed by atoms with Gasteiger partial charge >= 0.3 is 0 Å². The van der Waals surface area contributed by atoms with Gasteiger partial charge in [-0.1, -0.05) is 24.3 Å². The highest BCUT2D eigenvalue weighted by Crippen LogP contribution is 2.28. The maximum atomic E-state index is 13.2. The van der Waals surface area contributed by atoms with Gasteiger partial charge in [0, 0.05) is 13.5 Å². The van der Waals surface area contributed by atoms with Crippen molar-refractivity contribution in [2.75, 3.05) is 5.32 Å². The highest BCUT2D eigenvalue weighted by Gasteiger charge is 2.21. The van der Waals surface area contributed by atoms with Gasteiger partial charge in [0.2, 0.25) is 11.7 Å². The number of fused-ring (bicyclic) bond motifs is 1. The van der Waals surface area contributed by atoms with E-state index < -0.39 is 0 Å². The summed E-state index contributed by atoms with van der Waals surface area (Å²) in [5.41, 5.74) is 2.87. The van der Waals surface area contributed by atoms with Crippen molar-refractivity contribution < 1.29 is 13.8 Å². The fraction of sp³-hybridized carbons (Fsp3) is 0.111. The average molecular weight is 351 g/mol. The molecule has 0 aliphatic carbocycles. The number of halogens is 1. The molecule has 0 aliphatic rings. The Balaban J connectivity index is 1.85. The quantitative estimate of drug-likeness (QED) is 0.610. The van der Waals surface area contributed by atoms with Crippen LogP contribution in [0.5, 0.6) is 0 Å². The van der Waals surface area contributed by atoms with E-state index >= 15 is 0 Å². The Morgan fingerprint density at radius 2 is 1.92 bits per heavy atom. The molecular weight excluding hydrogens is 337 g/mol. The van der Waals surface area contributed by atoms with E-state index in [1.54, 1.807) is 12.1 Å². The van der Waals surface area contributed by atoms with Gasteiger partial charge in [0.25, 0.3) is 0 Å². The van der Waals surface area contributed by atoms with Gasteiger partial charge in [0.1, 0.15) is 5.82 Å². The van der Waals surface area contributed by atoms with Gasteiger partial charge < -0.3 is 9.88 Å². The second-order valence-electron chi connectivity index (χ2n) is 5.78. The molecule has 1 N–H and O–H groups in total. The van der Waals surface area contributed by atoms with Crippen LogP contribution in [0.3, 0.4) is 0 Å². The van der Waals surface area contributed by atoms with Crippen molar-refractivity contribution >= 4 is 22.8 Å². The zero-order chi connectivity index (χ0) is 18.1. The molecule has 0 bridgehead atoms. The molecule has 0 spiro atoms. The summed E-state index contributed by atoms with van der Waals surface area (Å²) in [6.07, 6.45) is 0. The third-order valence-corrected chi connectivity index (χ3v) is 3.90. The molecule has 0 atom stereocenters. The van der Waals surface area contributed by atoms with E-state index in [0.29, 0.717) is 18.1 Å². The van der Waals surface area contributed by atoms with Crippen molar-refractivity contribution in [3.63, 3.8) is 0 Å². The van der Waals surface area contributed by atoms with E-state index in [1.807, 2.05) is 28.8 Å². The fourth-order valence-electron chi connectivity index (χ4n) is 2.77. The maximum Gasteiger partial charge on any atom is 0.222 e. The standard InChI is InChI=1S/C18H14FN5O2/c1-11(25)20-17-16(22-26-23-17)18-21-14-4-2-3-5-15(14)24(18)10-12-6-8-13(19)9-7-12/h2-9H,10H2,1H3,(H,20,23,25). The summed E-state index contributed by atoms with van der Waals surface area (Å²) < 4.78 is 19.9. The number of nitrogens with zero attached hydrogens (tertiary/aromatic N) is 4.